The normalized spacial score (nSPS) is 25.9. The molecule has 0 aliphatic carbocycles. The highest BCUT2D eigenvalue weighted by molar-refractivity contribution is 5.27. The van der Waals surface area contributed by atoms with E-state index in [4.69, 9.17) is 14.2 Å². The standard InChI is InChI=1S/C18H26N2O3/c1-2-9-22-17-5-3-16(4-6-17)12-20-8-11-23-18(14-20)13-19-7-10-21-15-18/h2-6,19H,1,7-15H2. The van der Waals surface area contributed by atoms with Crippen LogP contribution < -0.4 is 10.1 Å². The molecule has 0 amide bonds. The Balaban J connectivity index is 1.57. The van der Waals surface area contributed by atoms with Gasteiger partial charge in [-0.2, -0.15) is 0 Å². The number of rotatable bonds is 5. The molecular formula is C18H26N2O3. The van der Waals surface area contributed by atoms with Gasteiger partial charge in [-0.05, 0) is 17.7 Å². The molecule has 1 aromatic rings. The lowest BCUT2D eigenvalue weighted by Crippen LogP contribution is -2.57. The molecule has 5 heteroatoms. The van der Waals surface area contributed by atoms with Crippen LogP contribution in [0.15, 0.2) is 36.9 Å². The summed E-state index contributed by atoms with van der Waals surface area (Å²) in [6.45, 7) is 10.9. The van der Waals surface area contributed by atoms with Gasteiger partial charge in [-0.1, -0.05) is 24.8 Å². The van der Waals surface area contributed by atoms with Gasteiger partial charge in [0.15, 0.2) is 0 Å². The van der Waals surface area contributed by atoms with Gasteiger partial charge in [0.25, 0.3) is 0 Å². The van der Waals surface area contributed by atoms with Crippen LogP contribution in [0.5, 0.6) is 5.75 Å². The van der Waals surface area contributed by atoms with Gasteiger partial charge in [0.2, 0.25) is 0 Å². The minimum absolute atomic E-state index is 0.207. The molecular weight excluding hydrogens is 292 g/mol. The molecule has 0 saturated carbocycles. The molecule has 2 saturated heterocycles. The molecule has 2 aliphatic heterocycles. The lowest BCUT2D eigenvalue weighted by atomic mass is 10.0. The van der Waals surface area contributed by atoms with E-state index >= 15 is 0 Å². The maximum atomic E-state index is 6.06. The summed E-state index contributed by atoms with van der Waals surface area (Å²) < 4.78 is 17.3. The van der Waals surface area contributed by atoms with Crippen LogP contribution in [0.3, 0.4) is 0 Å². The van der Waals surface area contributed by atoms with E-state index in [9.17, 15) is 0 Å². The number of morpholine rings is 1. The van der Waals surface area contributed by atoms with Crippen LogP contribution >= 0.6 is 0 Å². The largest absolute Gasteiger partial charge is 0.490 e. The minimum Gasteiger partial charge on any atom is -0.490 e. The van der Waals surface area contributed by atoms with Crippen LogP contribution in [0, 0.1) is 0 Å². The Kier molecular flexibility index (Phi) is 5.67. The zero-order valence-corrected chi connectivity index (χ0v) is 13.6. The molecule has 2 aliphatic rings. The van der Waals surface area contributed by atoms with Crippen molar-refractivity contribution in [2.24, 2.45) is 0 Å². The first kappa shape index (κ1) is 16.5. The Morgan fingerprint density at radius 3 is 3.00 bits per heavy atom. The average molecular weight is 318 g/mol. The summed E-state index contributed by atoms with van der Waals surface area (Å²) in [5.74, 6) is 0.883. The van der Waals surface area contributed by atoms with Crippen LogP contribution in [0.2, 0.25) is 0 Å². The molecule has 0 aromatic heterocycles. The van der Waals surface area contributed by atoms with Crippen molar-refractivity contribution in [2.75, 3.05) is 52.6 Å². The second-order valence-electron chi connectivity index (χ2n) is 6.22. The predicted molar refractivity (Wildman–Crippen MR) is 89.8 cm³/mol. The van der Waals surface area contributed by atoms with E-state index in [2.05, 4.69) is 28.9 Å². The van der Waals surface area contributed by atoms with Crippen molar-refractivity contribution in [1.82, 2.24) is 10.2 Å². The first-order valence-electron chi connectivity index (χ1n) is 8.27. The van der Waals surface area contributed by atoms with Gasteiger partial charge in [-0.15, -0.1) is 0 Å². The molecule has 23 heavy (non-hydrogen) atoms. The molecule has 2 heterocycles. The van der Waals surface area contributed by atoms with E-state index in [1.54, 1.807) is 6.08 Å². The van der Waals surface area contributed by atoms with Crippen LogP contribution in [0.4, 0.5) is 0 Å². The van der Waals surface area contributed by atoms with Crippen molar-refractivity contribution in [3.05, 3.63) is 42.5 Å². The van der Waals surface area contributed by atoms with E-state index in [1.807, 2.05) is 12.1 Å². The summed E-state index contributed by atoms with van der Waals surface area (Å²) in [5, 5.41) is 3.42. The molecule has 1 atom stereocenters. The number of benzene rings is 1. The van der Waals surface area contributed by atoms with Gasteiger partial charge in [0.05, 0.1) is 19.8 Å². The number of nitrogens with zero attached hydrogens (tertiary/aromatic N) is 1. The highest BCUT2D eigenvalue weighted by Crippen LogP contribution is 2.22. The third-order valence-electron chi connectivity index (χ3n) is 4.26. The zero-order valence-electron chi connectivity index (χ0n) is 13.6. The Morgan fingerprint density at radius 1 is 1.30 bits per heavy atom. The van der Waals surface area contributed by atoms with E-state index in [0.717, 1.165) is 51.7 Å². The molecule has 1 aromatic carbocycles. The van der Waals surface area contributed by atoms with Crippen molar-refractivity contribution in [2.45, 2.75) is 12.1 Å². The third-order valence-corrected chi connectivity index (χ3v) is 4.26. The minimum atomic E-state index is -0.207. The van der Waals surface area contributed by atoms with Crippen LogP contribution in [-0.2, 0) is 16.0 Å². The van der Waals surface area contributed by atoms with E-state index in [0.29, 0.717) is 13.2 Å². The molecule has 1 unspecified atom stereocenters. The number of hydrogen-bond acceptors (Lipinski definition) is 5. The monoisotopic (exact) mass is 318 g/mol. The van der Waals surface area contributed by atoms with Crippen molar-refractivity contribution in [3.8, 4) is 5.75 Å². The SMILES string of the molecule is C=CCOc1ccc(CN2CCOC3(CNCCOC3)C2)cc1. The van der Waals surface area contributed by atoms with Gasteiger partial charge < -0.3 is 19.5 Å². The number of nitrogens with one attached hydrogen (secondary N) is 1. The maximum Gasteiger partial charge on any atom is 0.119 e. The molecule has 0 radical (unpaired) electrons. The Hall–Kier alpha value is -1.40. The number of ether oxygens (including phenoxy) is 3. The fourth-order valence-electron chi connectivity index (χ4n) is 3.13. The number of hydrogen-bond donors (Lipinski definition) is 1. The maximum absolute atomic E-state index is 6.06. The molecule has 1 N–H and O–H groups in total. The average Bonchev–Trinajstić information content (AvgIpc) is 2.80. The Bertz CT molecular complexity index is 495. The molecule has 1 spiro atoms. The lowest BCUT2D eigenvalue weighted by Gasteiger charge is -2.41. The quantitative estimate of drug-likeness (QED) is 0.832. The van der Waals surface area contributed by atoms with Crippen LogP contribution in [-0.4, -0.2) is 63.1 Å². The first-order chi connectivity index (χ1) is 11.3. The Morgan fingerprint density at radius 2 is 2.17 bits per heavy atom. The summed E-state index contributed by atoms with van der Waals surface area (Å²) in [6.07, 6.45) is 1.75. The topological polar surface area (TPSA) is 43.0 Å². The highest BCUT2D eigenvalue weighted by Gasteiger charge is 2.37. The van der Waals surface area contributed by atoms with Gasteiger partial charge in [-0.25, -0.2) is 0 Å². The van der Waals surface area contributed by atoms with E-state index in [-0.39, 0.29) is 5.60 Å². The predicted octanol–water partition coefficient (Wildman–Crippen LogP) is 1.44. The van der Waals surface area contributed by atoms with Crippen LogP contribution in [0.25, 0.3) is 0 Å². The van der Waals surface area contributed by atoms with E-state index < -0.39 is 0 Å². The van der Waals surface area contributed by atoms with Crippen molar-refractivity contribution in [3.63, 3.8) is 0 Å². The smallest absolute Gasteiger partial charge is 0.119 e. The zero-order chi connectivity index (χ0) is 16.0. The molecule has 2 fully saturated rings. The van der Waals surface area contributed by atoms with Crippen molar-refractivity contribution < 1.29 is 14.2 Å². The lowest BCUT2D eigenvalue weighted by molar-refractivity contribution is -0.135. The second-order valence-corrected chi connectivity index (χ2v) is 6.22. The summed E-state index contributed by atoms with van der Waals surface area (Å²) in [5.41, 5.74) is 1.08. The van der Waals surface area contributed by atoms with Gasteiger partial charge >= 0.3 is 0 Å². The van der Waals surface area contributed by atoms with Gasteiger partial charge in [0, 0.05) is 32.7 Å². The second kappa shape index (κ2) is 7.93. The first-order valence-corrected chi connectivity index (χ1v) is 8.27. The van der Waals surface area contributed by atoms with E-state index in [1.165, 1.54) is 5.56 Å². The van der Waals surface area contributed by atoms with Gasteiger partial charge in [-0.3, -0.25) is 4.90 Å². The molecule has 5 nitrogen and oxygen atoms in total. The molecule has 0 bridgehead atoms. The highest BCUT2D eigenvalue weighted by atomic mass is 16.5. The van der Waals surface area contributed by atoms with Gasteiger partial charge in [0.1, 0.15) is 18.0 Å². The summed E-state index contributed by atoms with van der Waals surface area (Å²) in [4.78, 5) is 2.44. The van der Waals surface area contributed by atoms with Crippen molar-refractivity contribution in [1.29, 1.82) is 0 Å². The summed E-state index contributed by atoms with van der Waals surface area (Å²) in [7, 11) is 0. The molecule has 126 valence electrons. The fourth-order valence-corrected chi connectivity index (χ4v) is 3.13. The summed E-state index contributed by atoms with van der Waals surface area (Å²) >= 11 is 0. The molecule has 3 rings (SSSR count). The Labute approximate surface area is 138 Å². The van der Waals surface area contributed by atoms with Crippen molar-refractivity contribution >= 4 is 0 Å². The van der Waals surface area contributed by atoms with Crippen LogP contribution in [0.1, 0.15) is 5.56 Å². The third kappa shape index (κ3) is 4.54. The summed E-state index contributed by atoms with van der Waals surface area (Å²) in [6, 6.07) is 8.29. The fraction of sp³-hybridized carbons (Fsp3) is 0.556.